The molecule has 18 heavy (non-hydrogen) atoms. The summed E-state index contributed by atoms with van der Waals surface area (Å²) in [6, 6.07) is 8.64. The quantitative estimate of drug-likeness (QED) is 0.818. The van der Waals surface area contributed by atoms with Gasteiger partial charge in [0, 0.05) is 4.88 Å². The maximum Gasteiger partial charge on any atom is 0.0888 e. The molecule has 0 amide bonds. The van der Waals surface area contributed by atoms with Gasteiger partial charge in [-0.3, -0.25) is 0 Å². The molecule has 0 aliphatic carbocycles. The predicted octanol–water partition coefficient (Wildman–Crippen LogP) is 5.09. The van der Waals surface area contributed by atoms with E-state index in [9.17, 15) is 0 Å². The molecule has 2 aromatic rings. The molecule has 1 nitrogen and oxygen atoms in total. The Morgan fingerprint density at radius 3 is 2.61 bits per heavy atom. The van der Waals surface area contributed by atoms with Crippen molar-refractivity contribution in [2.24, 2.45) is 0 Å². The van der Waals surface area contributed by atoms with Gasteiger partial charge in [0.1, 0.15) is 0 Å². The maximum absolute atomic E-state index is 6.12. The second kappa shape index (κ2) is 5.74. The van der Waals surface area contributed by atoms with E-state index in [1.165, 1.54) is 21.6 Å². The van der Waals surface area contributed by atoms with Gasteiger partial charge in [-0.15, -0.1) is 11.3 Å². The molecular weight excluding hydrogens is 330 g/mol. The zero-order chi connectivity index (χ0) is 13.3. The highest BCUT2D eigenvalue weighted by molar-refractivity contribution is 9.11. The van der Waals surface area contributed by atoms with E-state index in [0.717, 1.165) is 8.81 Å². The molecule has 1 aromatic carbocycles. The van der Waals surface area contributed by atoms with Crippen LogP contribution in [0, 0.1) is 13.8 Å². The molecule has 4 heteroatoms. The summed E-state index contributed by atoms with van der Waals surface area (Å²) in [6.45, 7) is 4.31. The van der Waals surface area contributed by atoms with E-state index in [0.29, 0.717) is 0 Å². The minimum absolute atomic E-state index is 0.193. The van der Waals surface area contributed by atoms with Gasteiger partial charge in [0.25, 0.3) is 0 Å². The molecule has 1 aromatic heterocycles. The van der Waals surface area contributed by atoms with E-state index in [1.54, 1.807) is 11.3 Å². The zero-order valence-corrected chi connectivity index (χ0v) is 13.7. The van der Waals surface area contributed by atoms with E-state index in [4.69, 9.17) is 11.6 Å². The second-order valence-electron chi connectivity index (χ2n) is 4.28. The lowest BCUT2D eigenvalue weighted by Crippen LogP contribution is -2.17. The SMILES string of the molecule is CNC(c1cc(Cl)c(Br)s1)c1cccc(C)c1C. The highest BCUT2D eigenvalue weighted by Gasteiger charge is 2.18. The maximum atomic E-state index is 6.12. The van der Waals surface area contributed by atoms with Crippen LogP contribution in [0.5, 0.6) is 0 Å². The van der Waals surface area contributed by atoms with Crippen LogP contribution in [0.2, 0.25) is 5.02 Å². The van der Waals surface area contributed by atoms with Gasteiger partial charge in [0.15, 0.2) is 0 Å². The topological polar surface area (TPSA) is 12.0 Å². The lowest BCUT2D eigenvalue weighted by molar-refractivity contribution is 0.698. The first kappa shape index (κ1) is 14.1. The third-order valence-electron chi connectivity index (χ3n) is 3.19. The normalized spacial score (nSPS) is 12.7. The minimum Gasteiger partial charge on any atom is -0.309 e. The van der Waals surface area contributed by atoms with Crippen LogP contribution in [0.1, 0.15) is 27.6 Å². The second-order valence-corrected chi connectivity index (χ2v) is 7.09. The first-order valence-corrected chi connectivity index (χ1v) is 7.71. The average Bonchev–Trinajstić information content (AvgIpc) is 2.66. The van der Waals surface area contributed by atoms with Crippen LogP contribution in [-0.2, 0) is 0 Å². The first-order valence-electron chi connectivity index (χ1n) is 5.72. The van der Waals surface area contributed by atoms with Crippen LogP contribution < -0.4 is 5.32 Å². The number of rotatable bonds is 3. The summed E-state index contributed by atoms with van der Waals surface area (Å²) in [6.07, 6.45) is 0. The smallest absolute Gasteiger partial charge is 0.0888 e. The van der Waals surface area contributed by atoms with Gasteiger partial charge in [-0.2, -0.15) is 0 Å². The summed E-state index contributed by atoms with van der Waals surface area (Å²) >= 11 is 11.3. The Bertz CT molecular complexity index is 545. The molecule has 2 rings (SSSR count). The lowest BCUT2D eigenvalue weighted by atomic mass is 9.96. The standard InChI is InChI=1S/C14H15BrClNS/c1-8-5-4-6-10(9(8)2)13(17-3)12-7-11(16)14(15)18-12/h4-7,13,17H,1-3H3. The van der Waals surface area contributed by atoms with Crippen molar-refractivity contribution in [1.29, 1.82) is 0 Å². The Balaban J connectivity index is 2.48. The van der Waals surface area contributed by atoms with Crippen molar-refractivity contribution >= 4 is 38.9 Å². The van der Waals surface area contributed by atoms with Crippen LogP contribution in [0.3, 0.4) is 0 Å². The molecule has 1 unspecified atom stereocenters. The molecule has 0 aliphatic rings. The molecule has 1 atom stereocenters. The van der Waals surface area contributed by atoms with Gasteiger partial charge in [0.05, 0.1) is 14.9 Å². The lowest BCUT2D eigenvalue weighted by Gasteiger charge is -2.18. The Labute approximate surface area is 125 Å². The van der Waals surface area contributed by atoms with Crippen molar-refractivity contribution in [2.75, 3.05) is 7.05 Å². The number of hydrogen-bond acceptors (Lipinski definition) is 2. The Hall–Kier alpha value is -0.350. The van der Waals surface area contributed by atoms with Crippen LogP contribution in [-0.4, -0.2) is 7.05 Å². The number of nitrogens with one attached hydrogen (secondary N) is 1. The fourth-order valence-electron chi connectivity index (χ4n) is 2.04. The summed E-state index contributed by atoms with van der Waals surface area (Å²) in [4.78, 5) is 1.23. The van der Waals surface area contributed by atoms with Crippen LogP contribution in [0.15, 0.2) is 28.1 Å². The third-order valence-corrected chi connectivity index (χ3v) is 5.73. The van der Waals surface area contributed by atoms with Crippen LogP contribution in [0.4, 0.5) is 0 Å². The summed E-state index contributed by atoms with van der Waals surface area (Å²) in [5.74, 6) is 0. The van der Waals surface area contributed by atoms with Crippen molar-refractivity contribution in [2.45, 2.75) is 19.9 Å². The predicted molar refractivity (Wildman–Crippen MR) is 83.8 cm³/mol. The van der Waals surface area contributed by atoms with Gasteiger partial charge in [0.2, 0.25) is 0 Å². The number of aryl methyl sites for hydroxylation is 1. The van der Waals surface area contributed by atoms with Crippen molar-refractivity contribution in [1.82, 2.24) is 5.32 Å². The molecule has 0 bridgehead atoms. The third kappa shape index (κ3) is 2.64. The largest absolute Gasteiger partial charge is 0.309 e. The molecule has 0 fully saturated rings. The fraction of sp³-hybridized carbons (Fsp3) is 0.286. The van der Waals surface area contributed by atoms with E-state index in [-0.39, 0.29) is 6.04 Å². The molecule has 96 valence electrons. The number of thiophene rings is 1. The fourth-order valence-corrected chi connectivity index (χ4v) is 3.92. The number of hydrogen-bond donors (Lipinski definition) is 1. The van der Waals surface area contributed by atoms with Crippen molar-refractivity contribution in [3.63, 3.8) is 0 Å². The zero-order valence-electron chi connectivity index (χ0n) is 10.6. The molecule has 0 saturated heterocycles. The van der Waals surface area contributed by atoms with Gasteiger partial charge >= 0.3 is 0 Å². The van der Waals surface area contributed by atoms with Crippen LogP contribution >= 0.6 is 38.9 Å². The van der Waals surface area contributed by atoms with Gasteiger partial charge < -0.3 is 5.32 Å². The van der Waals surface area contributed by atoms with Gasteiger partial charge in [-0.05, 0) is 59.6 Å². The monoisotopic (exact) mass is 343 g/mol. The molecule has 0 radical (unpaired) electrons. The van der Waals surface area contributed by atoms with Crippen molar-refractivity contribution in [3.05, 3.63) is 54.6 Å². The van der Waals surface area contributed by atoms with Crippen molar-refractivity contribution in [3.8, 4) is 0 Å². The van der Waals surface area contributed by atoms with Crippen LogP contribution in [0.25, 0.3) is 0 Å². The Morgan fingerprint density at radius 2 is 2.06 bits per heavy atom. The molecule has 0 aliphatic heterocycles. The number of halogens is 2. The average molecular weight is 345 g/mol. The number of benzene rings is 1. The van der Waals surface area contributed by atoms with Gasteiger partial charge in [-0.25, -0.2) is 0 Å². The summed E-state index contributed by atoms with van der Waals surface area (Å²) in [5.41, 5.74) is 3.95. The highest BCUT2D eigenvalue weighted by atomic mass is 79.9. The van der Waals surface area contributed by atoms with E-state index in [2.05, 4.69) is 53.3 Å². The van der Waals surface area contributed by atoms with E-state index >= 15 is 0 Å². The van der Waals surface area contributed by atoms with Crippen molar-refractivity contribution < 1.29 is 0 Å². The minimum atomic E-state index is 0.193. The molecule has 1 heterocycles. The van der Waals surface area contributed by atoms with E-state index in [1.807, 2.05) is 13.1 Å². The highest BCUT2D eigenvalue weighted by Crippen LogP contribution is 2.38. The van der Waals surface area contributed by atoms with Gasteiger partial charge in [-0.1, -0.05) is 29.8 Å². The Morgan fingerprint density at radius 1 is 1.33 bits per heavy atom. The molecule has 1 N–H and O–H groups in total. The summed E-state index contributed by atoms with van der Waals surface area (Å²) in [7, 11) is 1.98. The van der Waals surface area contributed by atoms with E-state index < -0.39 is 0 Å². The summed E-state index contributed by atoms with van der Waals surface area (Å²) in [5, 5.41) is 4.15. The molecular formula is C14H15BrClNS. The molecule has 0 saturated carbocycles. The summed E-state index contributed by atoms with van der Waals surface area (Å²) < 4.78 is 0.990. The Kier molecular flexibility index (Phi) is 4.49. The molecule has 0 spiro atoms. The first-order chi connectivity index (χ1) is 8.54.